The van der Waals surface area contributed by atoms with Crippen molar-refractivity contribution >= 4 is 33.1 Å². The Morgan fingerprint density at radius 2 is 2.25 bits per heavy atom. The number of anilines is 1. The van der Waals surface area contributed by atoms with Crippen LogP contribution in [-0.4, -0.2) is 9.97 Å². The lowest BCUT2D eigenvalue weighted by atomic mass is 10.4. The summed E-state index contributed by atoms with van der Waals surface area (Å²) in [5, 5.41) is 5.37. The van der Waals surface area contributed by atoms with E-state index in [4.69, 9.17) is 0 Å². The Balaban J connectivity index is 2.07. The Morgan fingerprint density at radius 3 is 2.94 bits per heavy atom. The first-order valence-corrected chi connectivity index (χ1v) is 6.59. The lowest BCUT2D eigenvalue weighted by Crippen LogP contribution is -2.04. The van der Waals surface area contributed by atoms with E-state index in [-0.39, 0.29) is 0 Å². The van der Waals surface area contributed by atoms with E-state index in [0.29, 0.717) is 0 Å². The number of nitrogens with one attached hydrogen (secondary N) is 1. The van der Waals surface area contributed by atoms with Crippen LogP contribution >= 0.6 is 27.3 Å². The molecule has 0 aromatic carbocycles. The zero-order valence-corrected chi connectivity index (χ0v) is 11.5. The Morgan fingerprint density at radius 1 is 1.44 bits per heavy atom. The molecule has 0 saturated carbocycles. The molecule has 2 aromatic heterocycles. The van der Waals surface area contributed by atoms with Gasteiger partial charge in [-0.25, -0.2) is 4.98 Å². The molecule has 0 saturated heterocycles. The van der Waals surface area contributed by atoms with E-state index in [9.17, 15) is 0 Å². The van der Waals surface area contributed by atoms with Crippen LogP contribution in [0.1, 0.15) is 16.3 Å². The highest BCUT2D eigenvalue weighted by atomic mass is 79.9. The molecule has 0 fully saturated rings. The smallest absolute Gasteiger partial charge is 0.148 e. The van der Waals surface area contributed by atoms with Gasteiger partial charge in [0.15, 0.2) is 0 Å². The van der Waals surface area contributed by atoms with Crippen molar-refractivity contribution in [3.63, 3.8) is 0 Å². The van der Waals surface area contributed by atoms with Crippen molar-refractivity contribution in [2.45, 2.75) is 20.4 Å². The number of hydrogen-bond acceptors (Lipinski definition) is 4. The van der Waals surface area contributed by atoms with Crippen LogP contribution < -0.4 is 5.32 Å². The number of nitrogens with zero attached hydrogens (tertiary/aromatic N) is 2. The van der Waals surface area contributed by atoms with Crippen molar-refractivity contribution in [2.75, 3.05) is 5.32 Å². The van der Waals surface area contributed by atoms with E-state index < -0.39 is 0 Å². The van der Waals surface area contributed by atoms with Crippen LogP contribution in [0.25, 0.3) is 0 Å². The van der Waals surface area contributed by atoms with E-state index in [0.717, 1.165) is 28.2 Å². The highest BCUT2D eigenvalue weighted by molar-refractivity contribution is 9.10. The van der Waals surface area contributed by atoms with E-state index in [1.807, 2.05) is 13.8 Å². The van der Waals surface area contributed by atoms with E-state index >= 15 is 0 Å². The highest BCUT2D eigenvalue weighted by Crippen LogP contribution is 2.20. The Hall–Kier alpha value is -0.940. The summed E-state index contributed by atoms with van der Waals surface area (Å²) in [6.45, 7) is 4.69. The summed E-state index contributed by atoms with van der Waals surface area (Å²) in [6.07, 6.45) is 1.78. The number of thiophene rings is 1. The van der Waals surface area contributed by atoms with Gasteiger partial charge in [0, 0.05) is 20.9 Å². The van der Waals surface area contributed by atoms with Crippen LogP contribution in [0, 0.1) is 13.8 Å². The first-order valence-electron chi connectivity index (χ1n) is 4.92. The van der Waals surface area contributed by atoms with Crippen LogP contribution in [0.15, 0.2) is 22.1 Å². The summed E-state index contributed by atoms with van der Waals surface area (Å²) >= 11 is 5.16. The predicted molar refractivity (Wildman–Crippen MR) is 70.9 cm³/mol. The number of hydrogen-bond donors (Lipinski definition) is 1. The van der Waals surface area contributed by atoms with Crippen LogP contribution in [0.5, 0.6) is 0 Å². The summed E-state index contributed by atoms with van der Waals surface area (Å²) in [6, 6.07) is 2.11. The molecule has 84 valence electrons. The van der Waals surface area contributed by atoms with Crippen LogP contribution in [0.3, 0.4) is 0 Å². The molecule has 5 heteroatoms. The van der Waals surface area contributed by atoms with Gasteiger partial charge in [-0.1, -0.05) is 0 Å². The number of aromatic nitrogens is 2. The number of halogens is 1. The highest BCUT2D eigenvalue weighted by Gasteiger charge is 2.02. The van der Waals surface area contributed by atoms with Crippen molar-refractivity contribution in [3.8, 4) is 0 Å². The molecule has 2 rings (SSSR count). The van der Waals surface area contributed by atoms with Gasteiger partial charge in [-0.3, -0.25) is 4.98 Å². The maximum absolute atomic E-state index is 4.41. The van der Waals surface area contributed by atoms with Crippen molar-refractivity contribution in [2.24, 2.45) is 0 Å². The Bertz CT molecular complexity index is 496. The molecule has 0 aliphatic carbocycles. The summed E-state index contributed by atoms with van der Waals surface area (Å²) in [4.78, 5) is 9.95. The topological polar surface area (TPSA) is 37.8 Å². The second-order valence-electron chi connectivity index (χ2n) is 3.53. The molecule has 0 aliphatic heterocycles. The maximum Gasteiger partial charge on any atom is 0.148 e. The third-order valence-electron chi connectivity index (χ3n) is 2.13. The monoisotopic (exact) mass is 297 g/mol. The third-order valence-corrected chi connectivity index (χ3v) is 3.83. The van der Waals surface area contributed by atoms with E-state index in [1.54, 1.807) is 17.5 Å². The molecule has 0 amide bonds. The van der Waals surface area contributed by atoms with E-state index in [1.165, 1.54) is 4.88 Å². The maximum atomic E-state index is 4.41. The number of aryl methyl sites for hydroxylation is 2. The fourth-order valence-corrected chi connectivity index (χ4v) is 2.71. The molecule has 1 N–H and O–H groups in total. The lowest BCUT2D eigenvalue weighted by molar-refractivity contribution is 1.03. The molecule has 0 aliphatic rings. The Kier molecular flexibility index (Phi) is 3.56. The normalized spacial score (nSPS) is 10.4. The predicted octanol–water partition coefficient (Wildman–Crippen LogP) is 3.53. The standard InChI is InChI=1S/C11H12BrN3S/c1-7-4-13-8(2)11(15-7)14-5-10-3-9(12)6-16-10/h3-4,6H,5H2,1-2H3,(H,14,15). The van der Waals surface area contributed by atoms with Crippen LogP contribution in [0.2, 0.25) is 0 Å². The molecule has 2 heterocycles. The Labute approximate surface area is 107 Å². The van der Waals surface area contributed by atoms with Crippen LogP contribution in [-0.2, 0) is 6.54 Å². The molecule has 0 bridgehead atoms. The molecule has 0 radical (unpaired) electrons. The molecule has 2 aromatic rings. The molecule has 16 heavy (non-hydrogen) atoms. The second kappa shape index (κ2) is 4.93. The van der Waals surface area contributed by atoms with Gasteiger partial charge in [-0.2, -0.15) is 0 Å². The molecule has 3 nitrogen and oxygen atoms in total. The van der Waals surface area contributed by atoms with E-state index in [2.05, 4.69) is 42.7 Å². The largest absolute Gasteiger partial charge is 0.364 e. The quantitative estimate of drug-likeness (QED) is 0.942. The van der Waals surface area contributed by atoms with Crippen molar-refractivity contribution in [1.29, 1.82) is 0 Å². The van der Waals surface area contributed by atoms with Crippen molar-refractivity contribution < 1.29 is 0 Å². The van der Waals surface area contributed by atoms with Gasteiger partial charge in [-0.15, -0.1) is 11.3 Å². The first-order chi connectivity index (χ1) is 7.65. The van der Waals surface area contributed by atoms with Gasteiger partial charge >= 0.3 is 0 Å². The number of rotatable bonds is 3. The molecular weight excluding hydrogens is 286 g/mol. The van der Waals surface area contributed by atoms with Gasteiger partial charge in [0.25, 0.3) is 0 Å². The van der Waals surface area contributed by atoms with Gasteiger partial charge in [0.1, 0.15) is 5.82 Å². The zero-order chi connectivity index (χ0) is 11.5. The summed E-state index contributed by atoms with van der Waals surface area (Å²) in [7, 11) is 0. The van der Waals surface area contributed by atoms with Gasteiger partial charge < -0.3 is 5.32 Å². The minimum absolute atomic E-state index is 0.787. The molecule has 0 atom stereocenters. The summed E-state index contributed by atoms with van der Waals surface area (Å²) in [5.74, 6) is 0.865. The minimum Gasteiger partial charge on any atom is -0.364 e. The summed E-state index contributed by atoms with van der Waals surface area (Å²) in [5.41, 5.74) is 1.86. The fraction of sp³-hybridized carbons (Fsp3) is 0.273. The van der Waals surface area contributed by atoms with Gasteiger partial charge in [0.2, 0.25) is 0 Å². The molecule has 0 unspecified atom stereocenters. The molecule has 0 spiro atoms. The second-order valence-corrected chi connectivity index (χ2v) is 5.44. The average molecular weight is 298 g/mol. The fourth-order valence-electron chi connectivity index (χ4n) is 1.32. The lowest BCUT2D eigenvalue weighted by Gasteiger charge is -2.07. The average Bonchev–Trinajstić information content (AvgIpc) is 2.66. The van der Waals surface area contributed by atoms with Crippen molar-refractivity contribution in [3.05, 3.63) is 38.4 Å². The molecular formula is C11H12BrN3S. The van der Waals surface area contributed by atoms with Crippen LogP contribution in [0.4, 0.5) is 5.82 Å². The zero-order valence-electron chi connectivity index (χ0n) is 9.12. The van der Waals surface area contributed by atoms with Crippen molar-refractivity contribution in [1.82, 2.24) is 9.97 Å². The van der Waals surface area contributed by atoms with Gasteiger partial charge in [0.05, 0.1) is 17.9 Å². The van der Waals surface area contributed by atoms with Gasteiger partial charge in [-0.05, 0) is 35.8 Å². The third kappa shape index (κ3) is 2.80. The minimum atomic E-state index is 0.787. The summed E-state index contributed by atoms with van der Waals surface area (Å²) < 4.78 is 1.13. The SMILES string of the molecule is Cc1cnc(C)c(NCc2cc(Br)cs2)n1. The first kappa shape index (κ1) is 11.5.